The van der Waals surface area contributed by atoms with Crippen molar-refractivity contribution >= 4 is 80.2 Å². The van der Waals surface area contributed by atoms with E-state index in [0.717, 1.165) is 35.3 Å². The van der Waals surface area contributed by atoms with E-state index in [1.807, 2.05) is 128 Å². The normalized spacial score (nSPS) is 13.2. The number of thiocarbonyl (C=S) groups is 2. The van der Waals surface area contributed by atoms with Crippen molar-refractivity contribution in [1.82, 2.24) is 35.6 Å². The lowest BCUT2D eigenvalue weighted by molar-refractivity contribution is 0.0846. The molecule has 0 unspecified atom stereocenters. The van der Waals surface area contributed by atoms with Gasteiger partial charge in [0.1, 0.15) is 35.1 Å². The van der Waals surface area contributed by atoms with Crippen LogP contribution in [0.15, 0.2) is 146 Å². The first-order valence-corrected chi connectivity index (χ1v) is 29.7. The molecule has 424 valence electrons. The Balaban J connectivity index is 1.04. The molecule has 0 atom stereocenters. The third-order valence-electron chi connectivity index (χ3n) is 13.4. The minimum absolute atomic E-state index is 0.0994. The maximum Gasteiger partial charge on any atom is 0.263 e. The first kappa shape index (κ1) is 60.2. The fourth-order valence-corrected chi connectivity index (χ4v) is 11.4. The lowest BCUT2D eigenvalue weighted by Crippen LogP contribution is -2.44. The predicted molar refractivity (Wildman–Crippen MR) is 329 cm³/mol. The number of likely N-dealkylation sites (N-methyl/N-ethyl adjacent to an activating group) is 1. The van der Waals surface area contributed by atoms with E-state index in [1.54, 1.807) is 34.1 Å². The van der Waals surface area contributed by atoms with Crippen LogP contribution in [0.5, 0.6) is 23.0 Å². The number of ether oxygens (including phenoxy) is 4. The van der Waals surface area contributed by atoms with E-state index >= 15 is 0 Å². The zero-order valence-electron chi connectivity index (χ0n) is 45.3. The smallest absolute Gasteiger partial charge is 0.263 e. The van der Waals surface area contributed by atoms with Gasteiger partial charge in [0, 0.05) is 90.0 Å². The molecule has 6 aromatic rings. The second kappa shape index (κ2) is 31.4. The van der Waals surface area contributed by atoms with Gasteiger partial charge in [-0.05, 0) is 53.6 Å². The second-order valence-corrected chi connectivity index (χ2v) is 22.4. The Morgan fingerprint density at radius 2 is 0.790 bits per heavy atom. The standard InChI is InChI=1S/C61H68N8O8S4/c1-63-27-31-66(30-26-62)34-35-67(32-28-64-56(70)48-22-24-50(58(72)68-36-38-80-60(68)78)54(76-42-46-18-10-4-11-19-46)52(48)74-40-44-14-6-2-7-15-44)33-29-65-57(71)49-23-25-51(59(73)69-37-39-81-61(69)79)55(77-43-47-20-12-5-13-21-47)53(49)75-41-45-16-8-3-9-17-45/h2-25,63H,26-43,62H2,1H3,(H,64,70)(H,65,71). The quantitative estimate of drug-likeness (QED) is 0.0320. The molecule has 0 aromatic heterocycles. The van der Waals surface area contributed by atoms with Gasteiger partial charge in [0.15, 0.2) is 23.0 Å². The molecular weight excluding hydrogens is 1100 g/mol. The number of rotatable bonds is 30. The van der Waals surface area contributed by atoms with E-state index in [0.29, 0.717) is 72.5 Å². The number of thioether (sulfide) groups is 2. The van der Waals surface area contributed by atoms with Gasteiger partial charge < -0.3 is 40.6 Å². The summed E-state index contributed by atoms with van der Waals surface area (Å²) in [6.45, 7) is 6.51. The topological polar surface area (TPSA) is 180 Å². The van der Waals surface area contributed by atoms with Gasteiger partial charge in [0.05, 0.1) is 22.3 Å². The Morgan fingerprint density at radius 1 is 0.469 bits per heavy atom. The summed E-state index contributed by atoms with van der Waals surface area (Å²) in [6, 6.07) is 44.7. The van der Waals surface area contributed by atoms with Crippen molar-refractivity contribution in [2.45, 2.75) is 26.4 Å². The molecule has 8 rings (SSSR count). The average molecular weight is 1170 g/mol. The highest BCUT2D eigenvalue weighted by molar-refractivity contribution is 8.23. The third-order valence-corrected chi connectivity index (χ3v) is 16.2. The van der Waals surface area contributed by atoms with Crippen LogP contribution in [-0.4, -0.2) is 149 Å². The molecule has 0 spiro atoms. The van der Waals surface area contributed by atoms with Crippen LogP contribution in [0.3, 0.4) is 0 Å². The Labute approximate surface area is 493 Å². The van der Waals surface area contributed by atoms with E-state index in [-0.39, 0.29) is 96.6 Å². The molecule has 2 fully saturated rings. The van der Waals surface area contributed by atoms with Gasteiger partial charge in [0.2, 0.25) is 0 Å². The van der Waals surface area contributed by atoms with Crippen LogP contribution < -0.4 is 40.6 Å². The largest absolute Gasteiger partial charge is 0.484 e. The van der Waals surface area contributed by atoms with E-state index in [4.69, 9.17) is 49.1 Å². The molecule has 81 heavy (non-hydrogen) atoms. The molecule has 0 aliphatic carbocycles. The van der Waals surface area contributed by atoms with E-state index in [1.165, 1.54) is 23.5 Å². The van der Waals surface area contributed by atoms with Crippen molar-refractivity contribution in [2.24, 2.45) is 5.73 Å². The van der Waals surface area contributed by atoms with Crippen molar-refractivity contribution < 1.29 is 38.1 Å². The number of carbonyl (C=O) groups is 4. The van der Waals surface area contributed by atoms with Crippen LogP contribution in [0.2, 0.25) is 0 Å². The molecule has 2 heterocycles. The molecule has 0 radical (unpaired) electrons. The molecule has 20 heteroatoms. The zero-order valence-corrected chi connectivity index (χ0v) is 48.6. The number of amides is 4. The van der Waals surface area contributed by atoms with E-state index in [9.17, 15) is 19.2 Å². The molecule has 5 N–H and O–H groups in total. The van der Waals surface area contributed by atoms with Crippen molar-refractivity contribution in [3.63, 3.8) is 0 Å². The number of nitrogens with two attached hydrogens (primary N) is 1. The lowest BCUT2D eigenvalue weighted by Gasteiger charge is -2.28. The van der Waals surface area contributed by atoms with Gasteiger partial charge in [-0.3, -0.25) is 38.8 Å². The Kier molecular flexibility index (Phi) is 23.3. The number of carbonyl (C=O) groups excluding carboxylic acids is 4. The van der Waals surface area contributed by atoms with Crippen LogP contribution in [-0.2, 0) is 26.4 Å². The first-order chi connectivity index (χ1) is 39.6. The number of nitrogens with one attached hydrogen (secondary N) is 3. The number of hydrogen-bond acceptors (Lipinski definition) is 16. The average Bonchev–Trinajstić information content (AvgIpc) is 4.35. The monoisotopic (exact) mass is 1170 g/mol. The van der Waals surface area contributed by atoms with E-state index < -0.39 is 11.8 Å². The van der Waals surface area contributed by atoms with Crippen LogP contribution in [0.4, 0.5) is 0 Å². The molecule has 6 aromatic carbocycles. The molecular formula is C61H68N8O8S4. The molecule has 2 saturated heterocycles. The van der Waals surface area contributed by atoms with Crippen LogP contribution in [0.1, 0.15) is 63.7 Å². The van der Waals surface area contributed by atoms with Crippen LogP contribution in [0.25, 0.3) is 0 Å². The maximum absolute atomic E-state index is 14.6. The van der Waals surface area contributed by atoms with Crippen molar-refractivity contribution in [2.75, 3.05) is 97.1 Å². The molecule has 2 aliphatic heterocycles. The molecule has 4 amide bonds. The summed E-state index contributed by atoms with van der Waals surface area (Å²) in [5.74, 6) is 0.368. The second-order valence-electron chi connectivity index (χ2n) is 19.0. The van der Waals surface area contributed by atoms with Crippen molar-refractivity contribution in [1.29, 1.82) is 0 Å². The van der Waals surface area contributed by atoms with Gasteiger partial charge in [-0.2, -0.15) is 0 Å². The molecule has 16 nitrogen and oxygen atoms in total. The fourth-order valence-electron chi connectivity index (χ4n) is 9.01. The van der Waals surface area contributed by atoms with Gasteiger partial charge in [-0.15, -0.1) is 0 Å². The number of hydrogen-bond donors (Lipinski definition) is 4. The minimum atomic E-state index is -0.429. The highest BCUT2D eigenvalue weighted by Crippen LogP contribution is 2.40. The van der Waals surface area contributed by atoms with E-state index in [2.05, 4.69) is 25.8 Å². The lowest BCUT2D eigenvalue weighted by atomic mass is 10.1. The molecule has 0 bridgehead atoms. The third kappa shape index (κ3) is 17.1. The van der Waals surface area contributed by atoms with Gasteiger partial charge >= 0.3 is 0 Å². The molecule has 2 aliphatic rings. The Hall–Kier alpha value is -6.88. The summed E-state index contributed by atoms with van der Waals surface area (Å²) in [7, 11) is 1.91. The Bertz CT molecular complexity index is 2880. The highest BCUT2D eigenvalue weighted by atomic mass is 32.2. The van der Waals surface area contributed by atoms with Crippen LogP contribution in [0, 0.1) is 0 Å². The summed E-state index contributed by atoms with van der Waals surface area (Å²) in [5, 5.41) is 9.45. The number of nitrogens with zero attached hydrogens (tertiary/aromatic N) is 4. The van der Waals surface area contributed by atoms with Gasteiger partial charge in [0.25, 0.3) is 23.6 Å². The molecule has 0 saturated carbocycles. The van der Waals surface area contributed by atoms with Crippen molar-refractivity contribution in [3.8, 4) is 23.0 Å². The predicted octanol–water partition coefficient (Wildman–Crippen LogP) is 7.89. The SMILES string of the molecule is CNCCN(CCN)CCN(CCNC(=O)c1ccc(C(=O)N2CCSC2=S)c(OCc2ccccc2)c1OCc1ccccc1)CCNC(=O)c1ccc(C(=O)N2CCSC2=S)c(OCc2ccccc2)c1OCc1ccccc1. The summed E-state index contributed by atoms with van der Waals surface area (Å²) in [5.41, 5.74) is 10.3. The zero-order chi connectivity index (χ0) is 56.8. The Morgan fingerprint density at radius 3 is 1.11 bits per heavy atom. The highest BCUT2D eigenvalue weighted by Gasteiger charge is 2.33. The fraction of sp³-hybridized carbons (Fsp3) is 0.311. The van der Waals surface area contributed by atoms with Crippen LogP contribution >= 0.6 is 48.0 Å². The first-order valence-electron chi connectivity index (χ1n) is 27.0. The number of benzene rings is 6. The maximum atomic E-state index is 14.6. The summed E-state index contributed by atoms with van der Waals surface area (Å²) >= 11 is 14.0. The summed E-state index contributed by atoms with van der Waals surface area (Å²) in [6.07, 6.45) is 0. The van der Waals surface area contributed by atoms with Crippen molar-refractivity contribution in [3.05, 3.63) is 190 Å². The summed E-state index contributed by atoms with van der Waals surface area (Å²) < 4.78 is 27.0. The minimum Gasteiger partial charge on any atom is -0.484 e. The van der Waals surface area contributed by atoms with Gasteiger partial charge in [-0.25, -0.2) is 0 Å². The summed E-state index contributed by atoms with van der Waals surface area (Å²) in [4.78, 5) is 65.2. The van der Waals surface area contributed by atoms with Gasteiger partial charge in [-0.1, -0.05) is 169 Å².